The van der Waals surface area contributed by atoms with Crippen molar-refractivity contribution < 1.29 is 12.8 Å². The van der Waals surface area contributed by atoms with E-state index in [2.05, 4.69) is 10.0 Å². The number of halogens is 2. The van der Waals surface area contributed by atoms with Gasteiger partial charge in [-0.3, -0.25) is 4.72 Å². The predicted octanol–water partition coefficient (Wildman–Crippen LogP) is 1.44. The zero-order valence-corrected chi connectivity index (χ0v) is 10.2. The summed E-state index contributed by atoms with van der Waals surface area (Å²) in [6.45, 7) is 0.338. The molecule has 1 aromatic rings. The molecule has 0 spiro atoms. The number of benzene rings is 1. The quantitative estimate of drug-likeness (QED) is 0.848. The fraction of sp³-hybridized carbons (Fsp3) is 0.333. The Bertz CT molecular complexity index is 465. The molecule has 0 bridgehead atoms. The summed E-state index contributed by atoms with van der Waals surface area (Å²) in [6, 6.07) is 3.66. The van der Waals surface area contributed by atoms with Gasteiger partial charge in [-0.15, -0.1) is 0 Å². The number of nitrogens with one attached hydrogen (secondary N) is 2. The van der Waals surface area contributed by atoms with Crippen LogP contribution in [0.15, 0.2) is 18.2 Å². The molecule has 4 nitrogen and oxygen atoms in total. The minimum Gasteiger partial charge on any atom is -0.319 e. The van der Waals surface area contributed by atoms with Gasteiger partial charge in [0.2, 0.25) is 10.0 Å². The second kappa shape index (κ2) is 5.47. The van der Waals surface area contributed by atoms with Crippen molar-refractivity contribution in [3.63, 3.8) is 0 Å². The third-order valence-electron chi connectivity index (χ3n) is 1.81. The van der Waals surface area contributed by atoms with Gasteiger partial charge in [-0.25, -0.2) is 12.8 Å². The highest BCUT2D eigenvalue weighted by Gasteiger charge is 2.10. The Morgan fingerprint density at radius 2 is 2.12 bits per heavy atom. The summed E-state index contributed by atoms with van der Waals surface area (Å²) in [4.78, 5) is 0. The molecule has 0 aromatic heterocycles. The van der Waals surface area contributed by atoms with E-state index >= 15 is 0 Å². The van der Waals surface area contributed by atoms with Crippen molar-refractivity contribution in [1.82, 2.24) is 5.32 Å². The lowest BCUT2D eigenvalue weighted by Crippen LogP contribution is -2.24. The predicted molar refractivity (Wildman–Crippen MR) is 62.7 cm³/mol. The second-order valence-electron chi connectivity index (χ2n) is 3.15. The Balaban J connectivity index is 2.76. The highest BCUT2D eigenvalue weighted by atomic mass is 35.5. The van der Waals surface area contributed by atoms with Crippen molar-refractivity contribution in [3.8, 4) is 0 Å². The van der Waals surface area contributed by atoms with Crippen molar-refractivity contribution >= 4 is 27.3 Å². The maximum Gasteiger partial charge on any atom is 0.233 e. The molecular weight excluding hydrogens is 255 g/mol. The monoisotopic (exact) mass is 266 g/mol. The van der Waals surface area contributed by atoms with Gasteiger partial charge in [0.1, 0.15) is 5.82 Å². The number of sulfonamides is 1. The number of hydrogen-bond donors (Lipinski definition) is 2. The van der Waals surface area contributed by atoms with Gasteiger partial charge in [0.15, 0.2) is 0 Å². The van der Waals surface area contributed by atoms with Gasteiger partial charge < -0.3 is 5.32 Å². The van der Waals surface area contributed by atoms with E-state index in [9.17, 15) is 12.8 Å². The van der Waals surface area contributed by atoms with E-state index in [-0.39, 0.29) is 16.5 Å². The molecule has 16 heavy (non-hydrogen) atoms. The minimum absolute atomic E-state index is 0.0570. The molecule has 1 rings (SSSR count). The Morgan fingerprint density at radius 3 is 2.69 bits per heavy atom. The Hall–Kier alpha value is -0.850. The second-order valence-corrected chi connectivity index (χ2v) is 5.40. The lowest BCUT2D eigenvalue weighted by Gasteiger charge is -2.08. The van der Waals surface area contributed by atoms with Crippen LogP contribution in [0.25, 0.3) is 0 Å². The number of hydrogen-bond acceptors (Lipinski definition) is 3. The zero-order valence-electron chi connectivity index (χ0n) is 8.63. The Morgan fingerprint density at radius 1 is 1.44 bits per heavy atom. The molecule has 0 aliphatic heterocycles. The van der Waals surface area contributed by atoms with Gasteiger partial charge in [0, 0.05) is 6.54 Å². The first-order valence-electron chi connectivity index (χ1n) is 4.55. The first kappa shape index (κ1) is 13.2. The van der Waals surface area contributed by atoms with Crippen molar-refractivity contribution in [2.24, 2.45) is 0 Å². The SMILES string of the molecule is CNCCS(=O)(=O)Nc1ccc(F)c(Cl)c1. The molecule has 0 atom stereocenters. The highest BCUT2D eigenvalue weighted by Crippen LogP contribution is 2.20. The van der Waals surface area contributed by atoms with Crippen LogP contribution in [0.5, 0.6) is 0 Å². The molecule has 1 aromatic carbocycles. The average Bonchev–Trinajstić information content (AvgIpc) is 2.20. The first-order valence-corrected chi connectivity index (χ1v) is 6.58. The standard InChI is InChI=1S/C9H12ClFN2O2S/c1-12-4-5-16(14,15)13-7-2-3-9(11)8(10)6-7/h2-3,6,12-13H,4-5H2,1H3. The summed E-state index contributed by atoms with van der Waals surface area (Å²) in [7, 11) is -1.76. The molecular formula is C9H12ClFN2O2S. The van der Waals surface area contributed by atoms with E-state index in [0.29, 0.717) is 6.54 Å². The van der Waals surface area contributed by atoms with Crippen LogP contribution >= 0.6 is 11.6 Å². The van der Waals surface area contributed by atoms with E-state index in [0.717, 1.165) is 6.07 Å². The van der Waals surface area contributed by atoms with Gasteiger partial charge in [-0.05, 0) is 25.2 Å². The molecule has 0 unspecified atom stereocenters. The van der Waals surface area contributed by atoms with Crippen LogP contribution in [0, 0.1) is 5.82 Å². The topological polar surface area (TPSA) is 58.2 Å². The van der Waals surface area contributed by atoms with Crippen LogP contribution in [0.2, 0.25) is 5.02 Å². The van der Waals surface area contributed by atoms with Crippen molar-refractivity contribution in [3.05, 3.63) is 29.0 Å². The van der Waals surface area contributed by atoms with Crippen LogP contribution in [0.1, 0.15) is 0 Å². The van der Waals surface area contributed by atoms with Crippen LogP contribution in [0.3, 0.4) is 0 Å². The van der Waals surface area contributed by atoms with Crippen LogP contribution < -0.4 is 10.0 Å². The molecule has 0 aliphatic carbocycles. The zero-order chi connectivity index (χ0) is 12.2. The van der Waals surface area contributed by atoms with Gasteiger partial charge in [0.05, 0.1) is 16.5 Å². The summed E-state index contributed by atoms with van der Waals surface area (Å²) in [6.07, 6.45) is 0. The van der Waals surface area contributed by atoms with E-state index in [4.69, 9.17) is 11.6 Å². The van der Waals surface area contributed by atoms with E-state index in [1.165, 1.54) is 12.1 Å². The molecule has 2 N–H and O–H groups in total. The minimum atomic E-state index is -3.42. The smallest absolute Gasteiger partial charge is 0.233 e. The summed E-state index contributed by atoms with van der Waals surface area (Å²) in [5, 5.41) is 2.61. The Kier molecular flexibility index (Phi) is 4.52. The highest BCUT2D eigenvalue weighted by molar-refractivity contribution is 7.92. The third kappa shape index (κ3) is 3.96. The molecule has 0 saturated carbocycles. The van der Waals surface area contributed by atoms with Crippen LogP contribution in [-0.2, 0) is 10.0 Å². The van der Waals surface area contributed by atoms with Gasteiger partial charge >= 0.3 is 0 Å². The van der Waals surface area contributed by atoms with Crippen LogP contribution in [0.4, 0.5) is 10.1 Å². The maximum absolute atomic E-state index is 12.8. The lowest BCUT2D eigenvalue weighted by molar-refractivity contribution is 0.598. The van der Waals surface area contributed by atoms with Gasteiger partial charge in [0.25, 0.3) is 0 Å². The first-order chi connectivity index (χ1) is 7.44. The van der Waals surface area contributed by atoms with E-state index in [1.807, 2.05) is 0 Å². The molecule has 90 valence electrons. The maximum atomic E-state index is 12.8. The molecule has 0 saturated heterocycles. The summed E-state index contributed by atoms with van der Waals surface area (Å²) >= 11 is 5.52. The average molecular weight is 267 g/mol. The fourth-order valence-electron chi connectivity index (χ4n) is 1.03. The summed E-state index contributed by atoms with van der Waals surface area (Å²) < 4.78 is 38.1. The summed E-state index contributed by atoms with van der Waals surface area (Å²) in [5.74, 6) is -0.641. The number of anilines is 1. The third-order valence-corrected chi connectivity index (χ3v) is 3.39. The largest absolute Gasteiger partial charge is 0.319 e. The van der Waals surface area contributed by atoms with Crippen molar-refractivity contribution in [2.75, 3.05) is 24.1 Å². The molecule has 0 heterocycles. The van der Waals surface area contributed by atoms with Crippen molar-refractivity contribution in [1.29, 1.82) is 0 Å². The molecule has 7 heteroatoms. The van der Waals surface area contributed by atoms with Crippen molar-refractivity contribution in [2.45, 2.75) is 0 Å². The molecule has 0 radical (unpaired) electrons. The normalized spacial score (nSPS) is 11.4. The van der Waals surface area contributed by atoms with Gasteiger partial charge in [-0.1, -0.05) is 11.6 Å². The van der Waals surface area contributed by atoms with Gasteiger partial charge in [-0.2, -0.15) is 0 Å². The molecule has 0 amide bonds. The number of rotatable bonds is 5. The fourth-order valence-corrected chi connectivity index (χ4v) is 2.27. The van der Waals surface area contributed by atoms with E-state index in [1.54, 1.807) is 7.05 Å². The molecule has 0 fully saturated rings. The van der Waals surface area contributed by atoms with Crippen LogP contribution in [-0.4, -0.2) is 27.8 Å². The Labute approximate surface area is 98.9 Å². The lowest BCUT2D eigenvalue weighted by atomic mass is 10.3. The molecule has 0 aliphatic rings. The summed E-state index contributed by atoms with van der Waals surface area (Å²) in [5.41, 5.74) is 0.252. The van der Waals surface area contributed by atoms with E-state index < -0.39 is 15.8 Å².